The third kappa shape index (κ3) is 6.29. The summed E-state index contributed by atoms with van der Waals surface area (Å²) in [5.41, 5.74) is 11.7. The summed E-state index contributed by atoms with van der Waals surface area (Å²) in [7, 11) is 0. The molecule has 0 aliphatic rings. The maximum atomic E-state index is 10.6. The van der Waals surface area contributed by atoms with Gasteiger partial charge in [-0.05, 0) is 36.2 Å². The van der Waals surface area contributed by atoms with Crippen LogP contribution in [0, 0.1) is 0 Å². The van der Waals surface area contributed by atoms with Crippen molar-refractivity contribution < 1.29 is 24.6 Å². The molecule has 2 rings (SSSR count). The molecule has 1 atom stereocenters. The largest absolute Gasteiger partial charge is 0.480 e. The molecular formula is C17H18N2O5. The molecule has 0 heterocycles. The van der Waals surface area contributed by atoms with Crippen molar-refractivity contribution in [1.29, 1.82) is 0 Å². The first-order chi connectivity index (χ1) is 11.3. The minimum atomic E-state index is -1.02. The summed E-state index contributed by atoms with van der Waals surface area (Å²) in [5, 5.41) is 17.0. The van der Waals surface area contributed by atoms with Gasteiger partial charge in [-0.2, -0.15) is 0 Å². The van der Waals surface area contributed by atoms with Gasteiger partial charge in [-0.25, -0.2) is 4.79 Å². The molecule has 0 fully saturated rings. The van der Waals surface area contributed by atoms with Crippen LogP contribution in [0.4, 0.5) is 0 Å². The minimum absolute atomic E-state index is 0.139. The summed E-state index contributed by atoms with van der Waals surface area (Å²) in [4.78, 5) is 31.3. The highest BCUT2D eigenvalue weighted by atomic mass is 16.4. The Balaban J connectivity index is 0.000000240. The van der Waals surface area contributed by atoms with Gasteiger partial charge in [-0.1, -0.05) is 30.3 Å². The molecule has 0 spiro atoms. The Kier molecular flexibility index (Phi) is 7.12. The summed E-state index contributed by atoms with van der Waals surface area (Å²) in [6.07, 6.45) is 0.385. The number of primary amides is 1. The van der Waals surface area contributed by atoms with Gasteiger partial charge < -0.3 is 21.7 Å². The molecule has 2 aromatic rings. The van der Waals surface area contributed by atoms with E-state index in [1.54, 1.807) is 0 Å². The zero-order valence-electron chi connectivity index (χ0n) is 12.8. The van der Waals surface area contributed by atoms with Gasteiger partial charge >= 0.3 is 11.9 Å². The Bertz CT molecular complexity index is 666. The maximum Gasteiger partial charge on any atom is 0.335 e. The van der Waals surface area contributed by atoms with E-state index in [1.165, 1.54) is 24.3 Å². The average Bonchev–Trinajstić information content (AvgIpc) is 2.56. The molecule has 7 nitrogen and oxygen atoms in total. The van der Waals surface area contributed by atoms with Crippen LogP contribution in [-0.2, 0) is 11.2 Å². The van der Waals surface area contributed by atoms with Gasteiger partial charge in [-0.15, -0.1) is 0 Å². The van der Waals surface area contributed by atoms with E-state index in [1.807, 2.05) is 30.3 Å². The second kappa shape index (κ2) is 9.06. The lowest BCUT2D eigenvalue weighted by Gasteiger charge is -2.04. The number of amides is 1. The Hall–Kier alpha value is -3.19. The zero-order chi connectivity index (χ0) is 18.1. The molecule has 0 aliphatic carbocycles. The number of hydrogen-bond acceptors (Lipinski definition) is 4. The molecule has 1 unspecified atom stereocenters. The monoisotopic (exact) mass is 330 g/mol. The first-order valence-corrected chi connectivity index (χ1v) is 6.96. The Morgan fingerprint density at radius 3 is 1.79 bits per heavy atom. The van der Waals surface area contributed by atoms with E-state index < -0.39 is 23.9 Å². The van der Waals surface area contributed by atoms with Crippen molar-refractivity contribution >= 4 is 17.8 Å². The number of nitrogens with two attached hydrogens (primary N) is 2. The summed E-state index contributed by atoms with van der Waals surface area (Å²) in [6.45, 7) is 0. The molecule has 24 heavy (non-hydrogen) atoms. The molecule has 126 valence electrons. The Morgan fingerprint density at radius 2 is 1.38 bits per heavy atom. The lowest BCUT2D eigenvalue weighted by atomic mass is 10.1. The molecule has 6 N–H and O–H groups in total. The van der Waals surface area contributed by atoms with Gasteiger partial charge in [0.05, 0.1) is 5.56 Å². The number of rotatable bonds is 5. The zero-order valence-corrected chi connectivity index (χ0v) is 12.8. The number of benzene rings is 2. The highest BCUT2D eigenvalue weighted by Crippen LogP contribution is 2.03. The van der Waals surface area contributed by atoms with E-state index in [2.05, 4.69) is 0 Å². The second-order valence-corrected chi connectivity index (χ2v) is 4.88. The number of carbonyl (C=O) groups is 3. The van der Waals surface area contributed by atoms with E-state index in [0.717, 1.165) is 5.56 Å². The van der Waals surface area contributed by atoms with Crippen molar-refractivity contribution in [3.8, 4) is 0 Å². The third-order valence-corrected chi connectivity index (χ3v) is 3.03. The average molecular weight is 330 g/mol. The van der Waals surface area contributed by atoms with Crippen LogP contribution < -0.4 is 11.5 Å². The summed E-state index contributed by atoms with van der Waals surface area (Å²) >= 11 is 0. The molecule has 0 aliphatic heterocycles. The fourth-order valence-electron chi connectivity index (χ4n) is 1.73. The maximum absolute atomic E-state index is 10.6. The van der Waals surface area contributed by atoms with E-state index in [-0.39, 0.29) is 5.56 Å². The van der Waals surface area contributed by atoms with Crippen LogP contribution in [0.25, 0.3) is 0 Å². The highest BCUT2D eigenvalue weighted by molar-refractivity contribution is 5.94. The molecule has 0 saturated carbocycles. The van der Waals surface area contributed by atoms with Crippen molar-refractivity contribution in [2.45, 2.75) is 12.5 Å². The number of carboxylic acid groups (broad SMARTS) is 2. The molecule has 7 heteroatoms. The van der Waals surface area contributed by atoms with Crippen molar-refractivity contribution in [1.82, 2.24) is 0 Å². The summed E-state index contributed by atoms with van der Waals surface area (Å²) < 4.78 is 0. The molecule has 0 saturated heterocycles. The van der Waals surface area contributed by atoms with Crippen molar-refractivity contribution in [3.05, 3.63) is 71.3 Å². The van der Waals surface area contributed by atoms with Crippen molar-refractivity contribution in [2.24, 2.45) is 11.5 Å². The summed E-state index contributed by atoms with van der Waals surface area (Å²) in [6, 6.07) is 14.0. The molecule has 0 bridgehead atoms. The first-order valence-electron chi connectivity index (χ1n) is 6.96. The third-order valence-electron chi connectivity index (χ3n) is 3.03. The van der Waals surface area contributed by atoms with Crippen LogP contribution in [0.3, 0.4) is 0 Å². The molecular weight excluding hydrogens is 312 g/mol. The van der Waals surface area contributed by atoms with Crippen LogP contribution in [0.2, 0.25) is 0 Å². The minimum Gasteiger partial charge on any atom is -0.480 e. The second-order valence-electron chi connectivity index (χ2n) is 4.88. The fraction of sp³-hybridized carbons (Fsp3) is 0.118. The molecule has 0 aromatic heterocycles. The standard InChI is InChI=1S/C9H11NO2.C8H7NO3/c10-8(9(11)12)6-7-4-2-1-3-5-7;9-7(10)5-1-3-6(4-2-5)8(11)12/h1-5,8H,6,10H2,(H,11,12);1-4H,(H2,9,10)(H,11,12). The van der Waals surface area contributed by atoms with E-state index in [9.17, 15) is 14.4 Å². The highest BCUT2D eigenvalue weighted by Gasteiger charge is 2.10. The van der Waals surface area contributed by atoms with Crippen molar-refractivity contribution in [2.75, 3.05) is 0 Å². The fourth-order valence-corrected chi connectivity index (χ4v) is 1.73. The number of aliphatic carboxylic acids is 1. The smallest absolute Gasteiger partial charge is 0.335 e. The normalized spacial score (nSPS) is 10.9. The lowest BCUT2D eigenvalue weighted by Crippen LogP contribution is -2.32. The van der Waals surface area contributed by atoms with Gasteiger partial charge in [0.1, 0.15) is 6.04 Å². The van der Waals surface area contributed by atoms with Crippen LogP contribution >= 0.6 is 0 Å². The number of carboxylic acids is 2. The number of hydrogen-bond donors (Lipinski definition) is 4. The van der Waals surface area contributed by atoms with Crippen molar-refractivity contribution in [3.63, 3.8) is 0 Å². The van der Waals surface area contributed by atoms with Gasteiger partial charge in [0.25, 0.3) is 0 Å². The van der Waals surface area contributed by atoms with Gasteiger partial charge in [-0.3, -0.25) is 9.59 Å². The van der Waals surface area contributed by atoms with E-state index in [4.69, 9.17) is 21.7 Å². The van der Waals surface area contributed by atoms with Gasteiger partial charge in [0, 0.05) is 5.56 Å². The SMILES string of the molecule is NC(=O)c1ccc(C(=O)O)cc1.NC(Cc1ccccc1)C(=O)O. The predicted octanol–water partition coefficient (Wildman–Crippen LogP) is 1.12. The quantitative estimate of drug-likeness (QED) is 0.647. The molecule has 2 aromatic carbocycles. The van der Waals surface area contributed by atoms with E-state index >= 15 is 0 Å². The topological polar surface area (TPSA) is 144 Å². The number of carbonyl (C=O) groups excluding carboxylic acids is 1. The van der Waals surface area contributed by atoms with Crippen LogP contribution in [0.5, 0.6) is 0 Å². The van der Waals surface area contributed by atoms with Gasteiger partial charge in [0.15, 0.2) is 0 Å². The van der Waals surface area contributed by atoms with Crippen LogP contribution in [0.1, 0.15) is 26.3 Å². The molecule has 1 amide bonds. The summed E-state index contributed by atoms with van der Waals surface area (Å²) in [5.74, 6) is -2.54. The van der Waals surface area contributed by atoms with E-state index in [0.29, 0.717) is 12.0 Å². The predicted molar refractivity (Wildman–Crippen MR) is 87.7 cm³/mol. The Labute approximate surface area is 138 Å². The Morgan fingerprint density at radius 1 is 0.875 bits per heavy atom. The lowest BCUT2D eigenvalue weighted by molar-refractivity contribution is -0.138. The van der Waals surface area contributed by atoms with Crippen LogP contribution in [0.15, 0.2) is 54.6 Å². The van der Waals surface area contributed by atoms with Gasteiger partial charge in [0.2, 0.25) is 5.91 Å². The number of aromatic carboxylic acids is 1. The molecule has 0 radical (unpaired) electrons. The first kappa shape index (κ1) is 18.9. The van der Waals surface area contributed by atoms with Crippen LogP contribution in [-0.4, -0.2) is 34.1 Å².